The van der Waals surface area contributed by atoms with Crippen LogP contribution in [0.3, 0.4) is 0 Å². The van der Waals surface area contributed by atoms with E-state index in [1.54, 1.807) is 11.3 Å². The van der Waals surface area contributed by atoms with Gasteiger partial charge in [-0.2, -0.15) is 10.2 Å². The Labute approximate surface area is 144 Å². The molecule has 0 radical (unpaired) electrons. The lowest BCUT2D eigenvalue weighted by atomic mass is 10.3. The van der Waals surface area contributed by atoms with Crippen molar-refractivity contribution in [3.05, 3.63) is 27.5 Å². The van der Waals surface area contributed by atoms with E-state index >= 15 is 0 Å². The Bertz CT molecular complexity index is 855. The quantitative estimate of drug-likeness (QED) is 0.743. The van der Waals surface area contributed by atoms with Crippen molar-refractivity contribution in [3.8, 4) is 0 Å². The average molecular weight is 346 g/mol. The minimum Gasteiger partial charge on any atom is -0.350 e. The fraction of sp³-hybridized carbons (Fsp3) is 0.500. The zero-order valence-electron chi connectivity index (χ0n) is 14.5. The number of hydrogen-bond donors (Lipinski definition) is 1. The van der Waals surface area contributed by atoms with Gasteiger partial charge in [-0.05, 0) is 27.7 Å². The van der Waals surface area contributed by atoms with Crippen molar-refractivity contribution in [2.75, 3.05) is 0 Å². The SMILES string of the molecule is CCn1nc(C)c2c1cnn2CCC(=O)NCc1nc(C)c(C)s1. The Morgan fingerprint density at radius 2 is 2.04 bits per heavy atom. The standard InChI is InChI=1S/C16H22N6OS/c1-5-21-13-8-18-22(16(13)11(3)20-21)7-6-14(23)17-9-15-19-10(2)12(4)24-15/h8H,5-7,9H2,1-4H3,(H,17,23). The lowest BCUT2D eigenvalue weighted by molar-refractivity contribution is -0.121. The van der Waals surface area contributed by atoms with Gasteiger partial charge in [-0.1, -0.05) is 0 Å². The van der Waals surface area contributed by atoms with E-state index in [0.717, 1.165) is 34.0 Å². The Kier molecular flexibility index (Phi) is 4.66. The van der Waals surface area contributed by atoms with Gasteiger partial charge in [0.25, 0.3) is 0 Å². The molecular formula is C16H22N6OS. The number of rotatable bonds is 6. The molecule has 3 rings (SSSR count). The van der Waals surface area contributed by atoms with Crippen LogP contribution in [0.15, 0.2) is 6.20 Å². The number of carbonyl (C=O) groups excluding carboxylic acids is 1. The van der Waals surface area contributed by atoms with E-state index in [1.807, 2.05) is 36.3 Å². The highest BCUT2D eigenvalue weighted by atomic mass is 32.1. The number of carbonyl (C=O) groups is 1. The minimum absolute atomic E-state index is 0.00434. The first-order valence-electron chi connectivity index (χ1n) is 8.08. The molecular weight excluding hydrogens is 324 g/mol. The summed E-state index contributed by atoms with van der Waals surface area (Å²) in [4.78, 5) is 17.7. The summed E-state index contributed by atoms with van der Waals surface area (Å²) in [6, 6.07) is 0. The van der Waals surface area contributed by atoms with Gasteiger partial charge >= 0.3 is 0 Å². The largest absolute Gasteiger partial charge is 0.350 e. The van der Waals surface area contributed by atoms with Crippen LogP contribution in [-0.4, -0.2) is 30.5 Å². The highest BCUT2D eigenvalue weighted by Gasteiger charge is 2.13. The Hall–Kier alpha value is -2.22. The number of hydrogen-bond acceptors (Lipinski definition) is 5. The van der Waals surface area contributed by atoms with Gasteiger partial charge in [0.1, 0.15) is 16.0 Å². The van der Waals surface area contributed by atoms with E-state index in [4.69, 9.17) is 0 Å². The summed E-state index contributed by atoms with van der Waals surface area (Å²) in [5, 5.41) is 12.8. The van der Waals surface area contributed by atoms with Crippen LogP contribution < -0.4 is 5.32 Å². The van der Waals surface area contributed by atoms with E-state index in [1.165, 1.54) is 4.88 Å². The maximum Gasteiger partial charge on any atom is 0.222 e. The van der Waals surface area contributed by atoms with Gasteiger partial charge in [-0.25, -0.2) is 4.98 Å². The number of amides is 1. The number of nitrogens with zero attached hydrogens (tertiary/aromatic N) is 5. The van der Waals surface area contributed by atoms with Crippen molar-refractivity contribution in [1.82, 2.24) is 29.9 Å². The summed E-state index contributed by atoms with van der Waals surface area (Å²) in [5.41, 5.74) is 4.00. The molecule has 0 saturated carbocycles. The number of aryl methyl sites for hydroxylation is 5. The summed E-state index contributed by atoms with van der Waals surface area (Å²) in [7, 11) is 0. The maximum absolute atomic E-state index is 12.1. The zero-order valence-corrected chi connectivity index (χ0v) is 15.3. The Balaban J connectivity index is 1.59. The topological polar surface area (TPSA) is 77.6 Å². The van der Waals surface area contributed by atoms with E-state index < -0.39 is 0 Å². The molecule has 3 heterocycles. The first kappa shape index (κ1) is 16.6. The first-order valence-corrected chi connectivity index (χ1v) is 8.89. The van der Waals surface area contributed by atoms with E-state index in [0.29, 0.717) is 19.5 Å². The lowest BCUT2D eigenvalue weighted by Gasteiger charge is -2.04. The molecule has 0 spiro atoms. The van der Waals surface area contributed by atoms with Gasteiger partial charge in [0.2, 0.25) is 5.91 Å². The molecule has 0 fully saturated rings. The van der Waals surface area contributed by atoms with Crippen molar-refractivity contribution >= 4 is 28.3 Å². The molecule has 0 saturated heterocycles. The molecule has 0 aliphatic rings. The van der Waals surface area contributed by atoms with Crippen molar-refractivity contribution in [3.63, 3.8) is 0 Å². The highest BCUT2D eigenvalue weighted by molar-refractivity contribution is 7.11. The van der Waals surface area contributed by atoms with Crippen molar-refractivity contribution in [2.45, 2.75) is 53.8 Å². The van der Waals surface area contributed by atoms with E-state index in [-0.39, 0.29) is 5.91 Å². The number of thiazole rings is 1. The highest BCUT2D eigenvalue weighted by Crippen LogP contribution is 2.18. The van der Waals surface area contributed by atoms with Gasteiger partial charge in [-0.15, -0.1) is 11.3 Å². The van der Waals surface area contributed by atoms with Crippen LogP contribution in [0.2, 0.25) is 0 Å². The van der Waals surface area contributed by atoms with Crippen molar-refractivity contribution in [1.29, 1.82) is 0 Å². The van der Waals surface area contributed by atoms with Gasteiger partial charge in [-0.3, -0.25) is 14.2 Å². The normalized spacial score (nSPS) is 11.3. The summed E-state index contributed by atoms with van der Waals surface area (Å²) >= 11 is 1.63. The van der Waals surface area contributed by atoms with Crippen molar-refractivity contribution < 1.29 is 4.79 Å². The third-order valence-electron chi connectivity index (χ3n) is 4.07. The molecule has 0 aliphatic carbocycles. The number of nitrogens with one attached hydrogen (secondary N) is 1. The first-order chi connectivity index (χ1) is 11.5. The van der Waals surface area contributed by atoms with Gasteiger partial charge < -0.3 is 5.32 Å². The number of aromatic nitrogens is 5. The Morgan fingerprint density at radius 1 is 1.25 bits per heavy atom. The van der Waals surface area contributed by atoms with Crippen LogP contribution >= 0.6 is 11.3 Å². The monoisotopic (exact) mass is 346 g/mol. The summed E-state index contributed by atoms with van der Waals surface area (Å²) in [6.07, 6.45) is 2.20. The second-order valence-corrected chi connectivity index (χ2v) is 7.07. The van der Waals surface area contributed by atoms with Gasteiger partial charge in [0, 0.05) is 17.8 Å². The molecule has 8 heteroatoms. The third kappa shape index (κ3) is 3.19. The predicted octanol–water partition coefficient (Wildman–Crippen LogP) is 2.34. The predicted molar refractivity (Wildman–Crippen MR) is 94.0 cm³/mol. The summed E-state index contributed by atoms with van der Waals surface area (Å²) < 4.78 is 3.79. The lowest BCUT2D eigenvalue weighted by Crippen LogP contribution is -2.24. The molecule has 3 aromatic heterocycles. The van der Waals surface area contributed by atoms with Crippen LogP contribution in [-0.2, 0) is 24.4 Å². The molecule has 7 nitrogen and oxygen atoms in total. The minimum atomic E-state index is 0.00434. The zero-order chi connectivity index (χ0) is 17.3. The number of fused-ring (bicyclic) bond motifs is 1. The molecule has 1 N–H and O–H groups in total. The maximum atomic E-state index is 12.1. The molecule has 1 amide bonds. The van der Waals surface area contributed by atoms with Gasteiger partial charge in [0.15, 0.2) is 0 Å². The van der Waals surface area contributed by atoms with E-state index in [2.05, 4.69) is 27.4 Å². The van der Waals surface area contributed by atoms with Crippen LogP contribution in [0.4, 0.5) is 0 Å². The van der Waals surface area contributed by atoms with Crippen molar-refractivity contribution in [2.24, 2.45) is 0 Å². The Morgan fingerprint density at radius 3 is 2.71 bits per heavy atom. The van der Waals surface area contributed by atoms with Crippen LogP contribution in [0.25, 0.3) is 11.0 Å². The molecule has 0 bridgehead atoms. The molecule has 0 aromatic carbocycles. The van der Waals surface area contributed by atoms with Crippen LogP contribution in [0.5, 0.6) is 0 Å². The fourth-order valence-corrected chi connectivity index (χ4v) is 3.59. The van der Waals surface area contributed by atoms with Gasteiger partial charge in [0.05, 0.1) is 30.7 Å². The van der Waals surface area contributed by atoms with E-state index in [9.17, 15) is 4.79 Å². The molecule has 0 unspecified atom stereocenters. The molecule has 3 aromatic rings. The molecule has 0 atom stereocenters. The summed E-state index contributed by atoms with van der Waals surface area (Å²) in [6.45, 7) is 9.89. The smallest absolute Gasteiger partial charge is 0.222 e. The third-order valence-corrected chi connectivity index (χ3v) is 5.14. The average Bonchev–Trinajstić information content (AvgIpc) is 3.20. The second kappa shape index (κ2) is 6.72. The molecule has 128 valence electrons. The molecule has 0 aliphatic heterocycles. The molecule has 24 heavy (non-hydrogen) atoms. The van der Waals surface area contributed by atoms with Crippen LogP contribution in [0.1, 0.15) is 34.6 Å². The summed E-state index contributed by atoms with van der Waals surface area (Å²) in [5.74, 6) is 0.00434. The van der Waals surface area contributed by atoms with Crippen LogP contribution in [0, 0.1) is 20.8 Å². The second-order valence-electron chi connectivity index (χ2n) is 5.78. The fourth-order valence-electron chi connectivity index (χ4n) is 2.71.